The van der Waals surface area contributed by atoms with Crippen molar-refractivity contribution in [2.75, 3.05) is 20.3 Å². The first-order chi connectivity index (χ1) is 6.22. The molecule has 0 aromatic rings. The number of hydrogen-bond donors (Lipinski definition) is 1. The molecule has 2 unspecified atom stereocenters. The van der Waals surface area contributed by atoms with Crippen LogP contribution in [0.2, 0.25) is 0 Å². The summed E-state index contributed by atoms with van der Waals surface area (Å²) in [7, 11) is 1.77. The van der Waals surface area contributed by atoms with Crippen molar-refractivity contribution in [3.63, 3.8) is 0 Å². The van der Waals surface area contributed by atoms with Crippen molar-refractivity contribution in [2.24, 2.45) is 17.1 Å². The third kappa shape index (κ3) is 2.96. The van der Waals surface area contributed by atoms with Gasteiger partial charge in [-0.3, -0.25) is 0 Å². The predicted octanol–water partition coefficient (Wildman–Crippen LogP) is 2.18. The first-order valence-corrected chi connectivity index (χ1v) is 5.41. The molecular weight excluding hydrogens is 162 g/mol. The summed E-state index contributed by atoms with van der Waals surface area (Å²) in [5.74, 6) is 0.881. The SMILES string of the molecule is COCCCC1(CN)CCC(C)C1. The van der Waals surface area contributed by atoms with Gasteiger partial charge in [-0.05, 0) is 43.6 Å². The fraction of sp³-hybridized carbons (Fsp3) is 1.00. The van der Waals surface area contributed by atoms with Crippen LogP contribution in [0.4, 0.5) is 0 Å². The molecule has 0 aromatic heterocycles. The second-order valence-electron chi connectivity index (χ2n) is 4.65. The van der Waals surface area contributed by atoms with Gasteiger partial charge in [0.2, 0.25) is 0 Å². The summed E-state index contributed by atoms with van der Waals surface area (Å²) in [5, 5.41) is 0. The van der Waals surface area contributed by atoms with Crippen LogP contribution in [0.3, 0.4) is 0 Å². The first-order valence-electron chi connectivity index (χ1n) is 5.41. The largest absolute Gasteiger partial charge is 0.385 e. The van der Waals surface area contributed by atoms with Gasteiger partial charge in [0.05, 0.1) is 0 Å². The molecule has 0 aromatic carbocycles. The third-order valence-electron chi connectivity index (χ3n) is 3.44. The second-order valence-corrected chi connectivity index (χ2v) is 4.65. The fourth-order valence-corrected chi connectivity index (χ4v) is 2.60. The molecule has 2 N–H and O–H groups in total. The maximum atomic E-state index is 5.87. The topological polar surface area (TPSA) is 35.2 Å². The first kappa shape index (κ1) is 11.0. The zero-order chi connectivity index (χ0) is 9.73. The maximum Gasteiger partial charge on any atom is 0.0462 e. The van der Waals surface area contributed by atoms with Crippen LogP contribution in [0.15, 0.2) is 0 Å². The Morgan fingerprint density at radius 1 is 1.54 bits per heavy atom. The minimum absolute atomic E-state index is 0.456. The molecule has 1 saturated carbocycles. The number of methoxy groups -OCH3 is 1. The van der Waals surface area contributed by atoms with Gasteiger partial charge in [0.15, 0.2) is 0 Å². The number of rotatable bonds is 5. The van der Waals surface area contributed by atoms with E-state index in [1.54, 1.807) is 7.11 Å². The molecule has 2 nitrogen and oxygen atoms in total. The Bertz CT molecular complexity index is 149. The molecule has 0 radical (unpaired) electrons. The Balaban J connectivity index is 2.32. The van der Waals surface area contributed by atoms with Gasteiger partial charge < -0.3 is 10.5 Å². The normalized spacial score (nSPS) is 33.9. The highest BCUT2D eigenvalue weighted by molar-refractivity contribution is 4.88. The Kier molecular flexibility index (Phi) is 4.20. The molecule has 0 spiro atoms. The summed E-state index contributed by atoms with van der Waals surface area (Å²) in [6.45, 7) is 4.09. The van der Waals surface area contributed by atoms with Gasteiger partial charge in [-0.15, -0.1) is 0 Å². The van der Waals surface area contributed by atoms with Crippen molar-refractivity contribution in [1.29, 1.82) is 0 Å². The summed E-state index contributed by atoms with van der Waals surface area (Å²) < 4.78 is 5.08. The van der Waals surface area contributed by atoms with E-state index in [1.165, 1.54) is 32.1 Å². The monoisotopic (exact) mass is 185 g/mol. The lowest BCUT2D eigenvalue weighted by Crippen LogP contribution is -2.28. The quantitative estimate of drug-likeness (QED) is 0.666. The Labute approximate surface area is 81.8 Å². The molecule has 0 aliphatic heterocycles. The Morgan fingerprint density at radius 2 is 2.31 bits per heavy atom. The number of hydrogen-bond acceptors (Lipinski definition) is 2. The highest BCUT2D eigenvalue weighted by Gasteiger charge is 2.35. The van der Waals surface area contributed by atoms with Gasteiger partial charge >= 0.3 is 0 Å². The fourth-order valence-electron chi connectivity index (χ4n) is 2.60. The van der Waals surface area contributed by atoms with E-state index in [9.17, 15) is 0 Å². The van der Waals surface area contributed by atoms with E-state index in [1.807, 2.05) is 0 Å². The van der Waals surface area contributed by atoms with E-state index in [2.05, 4.69) is 6.92 Å². The maximum absolute atomic E-state index is 5.87. The zero-order valence-corrected chi connectivity index (χ0v) is 9.01. The number of nitrogens with two attached hydrogens (primary N) is 1. The minimum Gasteiger partial charge on any atom is -0.385 e. The standard InChI is InChI=1S/C11H23NO/c1-10-4-6-11(8-10,9-12)5-3-7-13-2/h10H,3-9,12H2,1-2H3. The van der Waals surface area contributed by atoms with Crippen LogP contribution in [0.1, 0.15) is 39.0 Å². The van der Waals surface area contributed by atoms with E-state index >= 15 is 0 Å². The molecule has 1 rings (SSSR count). The highest BCUT2D eigenvalue weighted by Crippen LogP contribution is 2.44. The van der Waals surface area contributed by atoms with Crippen LogP contribution in [0, 0.1) is 11.3 Å². The van der Waals surface area contributed by atoms with Gasteiger partial charge in [-0.25, -0.2) is 0 Å². The zero-order valence-electron chi connectivity index (χ0n) is 9.01. The summed E-state index contributed by atoms with van der Waals surface area (Å²) in [6.07, 6.45) is 6.44. The highest BCUT2D eigenvalue weighted by atomic mass is 16.5. The molecule has 0 amide bonds. The minimum atomic E-state index is 0.456. The Morgan fingerprint density at radius 3 is 2.77 bits per heavy atom. The smallest absolute Gasteiger partial charge is 0.0462 e. The van der Waals surface area contributed by atoms with Crippen molar-refractivity contribution in [3.05, 3.63) is 0 Å². The van der Waals surface area contributed by atoms with E-state index in [0.29, 0.717) is 5.41 Å². The number of ether oxygens (including phenoxy) is 1. The molecular formula is C11H23NO. The summed E-state index contributed by atoms with van der Waals surface area (Å²) in [4.78, 5) is 0. The Hall–Kier alpha value is -0.0800. The molecule has 0 bridgehead atoms. The van der Waals surface area contributed by atoms with E-state index < -0.39 is 0 Å². The molecule has 78 valence electrons. The summed E-state index contributed by atoms with van der Waals surface area (Å²) in [5.41, 5.74) is 6.33. The van der Waals surface area contributed by atoms with Crippen LogP contribution in [0.5, 0.6) is 0 Å². The van der Waals surface area contributed by atoms with Crippen molar-refractivity contribution < 1.29 is 4.74 Å². The molecule has 2 atom stereocenters. The second kappa shape index (κ2) is 4.97. The molecule has 13 heavy (non-hydrogen) atoms. The summed E-state index contributed by atoms with van der Waals surface area (Å²) >= 11 is 0. The third-order valence-corrected chi connectivity index (χ3v) is 3.44. The van der Waals surface area contributed by atoms with Crippen molar-refractivity contribution >= 4 is 0 Å². The molecule has 0 heterocycles. The van der Waals surface area contributed by atoms with Crippen molar-refractivity contribution in [2.45, 2.75) is 39.0 Å². The van der Waals surface area contributed by atoms with Crippen LogP contribution in [0.25, 0.3) is 0 Å². The lowest BCUT2D eigenvalue weighted by Gasteiger charge is -2.27. The average Bonchev–Trinajstić information content (AvgIpc) is 2.49. The van der Waals surface area contributed by atoms with Crippen LogP contribution < -0.4 is 5.73 Å². The lowest BCUT2D eigenvalue weighted by molar-refractivity contribution is 0.167. The van der Waals surface area contributed by atoms with Crippen LogP contribution in [-0.2, 0) is 4.74 Å². The molecule has 0 saturated heterocycles. The molecule has 2 heteroatoms. The van der Waals surface area contributed by atoms with Gasteiger partial charge in [0.25, 0.3) is 0 Å². The van der Waals surface area contributed by atoms with Crippen LogP contribution >= 0.6 is 0 Å². The van der Waals surface area contributed by atoms with Gasteiger partial charge in [0, 0.05) is 13.7 Å². The predicted molar refractivity (Wildman–Crippen MR) is 55.6 cm³/mol. The molecule has 1 aliphatic carbocycles. The van der Waals surface area contributed by atoms with Crippen molar-refractivity contribution in [3.8, 4) is 0 Å². The molecule has 1 fully saturated rings. The molecule has 1 aliphatic rings. The van der Waals surface area contributed by atoms with E-state index in [-0.39, 0.29) is 0 Å². The van der Waals surface area contributed by atoms with Gasteiger partial charge in [-0.1, -0.05) is 13.3 Å². The lowest BCUT2D eigenvalue weighted by atomic mass is 9.81. The summed E-state index contributed by atoms with van der Waals surface area (Å²) in [6, 6.07) is 0. The van der Waals surface area contributed by atoms with E-state index in [4.69, 9.17) is 10.5 Å². The van der Waals surface area contributed by atoms with Crippen LogP contribution in [-0.4, -0.2) is 20.3 Å². The van der Waals surface area contributed by atoms with E-state index in [0.717, 1.165) is 19.1 Å². The van der Waals surface area contributed by atoms with Gasteiger partial charge in [0.1, 0.15) is 0 Å². The van der Waals surface area contributed by atoms with Crippen molar-refractivity contribution in [1.82, 2.24) is 0 Å². The average molecular weight is 185 g/mol. The van der Waals surface area contributed by atoms with Gasteiger partial charge in [-0.2, -0.15) is 0 Å².